The Kier molecular flexibility index (Phi) is 3.57. The number of alkyl halides is 7. The van der Waals surface area contributed by atoms with Gasteiger partial charge in [-0.2, -0.15) is 17.6 Å². The van der Waals surface area contributed by atoms with Crippen LogP contribution in [0.4, 0.5) is 30.7 Å². The van der Waals surface area contributed by atoms with Crippen LogP contribution in [0.1, 0.15) is 13.3 Å². The minimum Gasteiger partial charge on any atom is -0.241 e. The molecule has 0 saturated heterocycles. The van der Waals surface area contributed by atoms with Gasteiger partial charge in [-0.15, -0.1) is 0 Å². The molecule has 0 amide bonds. The fraction of sp³-hybridized carbons (Fsp3) is 1.00. The van der Waals surface area contributed by atoms with Gasteiger partial charge in [0.2, 0.25) is 0 Å². The van der Waals surface area contributed by atoms with E-state index in [1.807, 2.05) is 0 Å². The topological polar surface area (TPSA) is 0 Å². The molecular formula is C6H7F7. The monoisotopic (exact) mass is 212 g/mol. The van der Waals surface area contributed by atoms with Crippen LogP contribution >= 0.6 is 0 Å². The highest BCUT2D eigenvalue weighted by Crippen LogP contribution is 2.43. The SMILES string of the molecule is CC[C@H](F)C(F)(F)C(F)(F)C(F)F. The van der Waals surface area contributed by atoms with Gasteiger partial charge in [-0.1, -0.05) is 6.92 Å². The molecule has 0 saturated carbocycles. The van der Waals surface area contributed by atoms with Gasteiger partial charge in [0.05, 0.1) is 0 Å². The molecule has 7 heteroatoms. The molecular weight excluding hydrogens is 205 g/mol. The third-order valence-electron chi connectivity index (χ3n) is 1.47. The second kappa shape index (κ2) is 3.71. The Balaban J connectivity index is 4.80. The smallest absolute Gasteiger partial charge is 0.241 e. The lowest BCUT2D eigenvalue weighted by Gasteiger charge is -2.27. The maximum atomic E-state index is 12.2. The van der Waals surface area contributed by atoms with Gasteiger partial charge in [0.25, 0.3) is 0 Å². The zero-order chi connectivity index (χ0) is 10.9. The van der Waals surface area contributed by atoms with Gasteiger partial charge >= 0.3 is 18.3 Å². The van der Waals surface area contributed by atoms with Gasteiger partial charge in [0, 0.05) is 0 Å². The van der Waals surface area contributed by atoms with Crippen molar-refractivity contribution < 1.29 is 30.7 Å². The van der Waals surface area contributed by atoms with Crippen LogP contribution in [0, 0.1) is 0 Å². The molecule has 0 rings (SSSR count). The maximum Gasteiger partial charge on any atom is 0.372 e. The van der Waals surface area contributed by atoms with Crippen molar-refractivity contribution in [1.29, 1.82) is 0 Å². The molecule has 0 aliphatic carbocycles. The van der Waals surface area contributed by atoms with Crippen LogP contribution in [0.2, 0.25) is 0 Å². The molecule has 13 heavy (non-hydrogen) atoms. The third-order valence-corrected chi connectivity index (χ3v) is 1.47. The Morgan fingerprint density at radius 2 is 1.31 bits per heavy atom. The summed E-state index contributed by atoms with van der Waals surface area (Å²) in [7, 11) is 0. The molecule has 0 aliphatic heterocycles. The Morgan fingerprint density at radius 3 is 1.54 bits per heavy atom. The van der Waals surface area contributed by atoms with Gasteiger partial charge in [-0.3, -0.25) is 0 Å². The van der Waals surface area contributed by atoms with E-state index in [0.717, 1.165) is 6.92 Å². The van der Waals surface area contributed by atoms with E-state index in [-0.39, 0.29) is 0 Å². The Morgan fingerprint density at radius 1 is 0.923 bits per heavy atom. The van der Waals surface area contributed by atoms with E-state index in [1.165, 1.54) is 0 Å². The van der Waals surface area contributed by atoms with Gasteiger partial charge in [-0.05, 0) is 6.42 Å². The van der Waals surface area contributed by atoms with E-state index >= 15 is 0 Å². The average molecular weight is 212 g/mol. The number of rotatable bonds is 4. The first-order valence-electron chi connectivity index (χ1n) is 3.35. The molecule has 0 aliphatic rings. The molecule has 80 valence electrons. The number of hydrogen-bond acceptors (Lipinski definition) is 0. The standard InChI is InChI=1S/C6H7F7/c1-2-3(7)5(10,11)6(12,13)4(8)9/h3-4H,2H2,1H3/t3-/m0/s1. The fourth-order valence-electron chi connectivity index (χ4n) is 0.611. The van der Waals surface area contributed by atoms with Gasteiger partial charge in [0.1, 0.15) is 0 Å². The van der Waals surface area contributed by atoms with Gasteiger partial charge in [0.15, 0.2) is 6.17 Å². The van der Waals surface area contributed by atoms with Crippen molar-refractivity contribution in [2.45, 2.75) is 37.8 Å². The normalized spacial score (nSPS) is 16.4. The molecule has 0 aromatic carbocycles. The minimum atomic E-state index is -5.62. The van der Waals surface area contributed by atoms with E-state index < -0.39 is 30.9 Å². The summed E-state index contributed by atoms with van der Waals surface area (Å²) < 4.78 is 83.5. The summed E-state index contributed by atoms with van der Waals surface area (Å²) in [5.41, 5.74) is 0. The summed E-state index contributed by atoms with van der Waals surface area (Å²) in [4.78, 5) is 0. The first kappa shape index (κ1) is 12.5. The summed E-state index contributed by atoms with van der Waals surface area (Å²) in [5.74, 6) is -10.9. The van der Waals surface area contributed by atoms with E-state index in [2.05, 4.69) is 0 Å². The Bertz CT molecular complexity index is 164. The third kappa shape index (κ3) is 2.05. The zero-order valence-corrected chi connectivity index (χ0v) is 6.51. The quantitative estimate of drug-likeness (QED) is 0.627. The number of hydrogen-bond donors (Lipinski definition) is 0. The van der Waals surface area contributed by atoms with E-state index in [0.29, 0.717) is 0 Å². The molecule has 0 N–H and O–H groups in total. The van der Waals surface area contributed by atoms with Crippen LogP contribution in [-0.2, 0) is 0 Å². The molecule has 0 aromatic heterocycles. The van der Waals surface area contributed by atoms with Crippen LogP contribution in [0.5, 0.6) is 0 Å². The van der Waals surface area contributed by atoms with Crippen molar-refractivity contribution in [2.24, 2.45) is 0 Å². The predicted molar refractivity (Wildman–Crippen MR) is 31.1 cm³/mol. The molecule has 0 nitrogen and oxygen atoms in total. The average Bonchev–Trinajstić information content (AvgIpc) is 2.02. The Hall–Kier alpha value is -0.490. The largest absolute Gasteiger partial charge is 0.372 e. The highest BCUT2D eigenvalue weighted by atomic mass is 19.3. The first-order chi connectivity index (χ1) is 5.67. The fourth-order valence-corrected chi connectivity index (χ4v) is 0.611. The zero-order valence-electron chi connectivity index (χ0n) is 6.51. The van der Waals surface area contributed by atoms with Crippen molar-refractivity contribution in [3.8, 4) is 0 Å². The predicted octanol–water partition coefficient (Wildman–Crippen LogP) is 3.27. The first-order valence-corrected chi connectivity index (χ1v) is 3.35. The summed E-state index contributed by atoms with van der Waals surface area (Å²) >= 11 is 0. The molecule has 0 fully saturated rings. The Labute approximate surface area is 69.7 Å². The van der Waals surface area contributed by atoms with Gasteiger partial charge < -0.3 is 0 Å². The van der Waals surface area contributed by atoms with Crippen molar-refractivity contribution >= 4 is 0 Å². The maximum absolute atomic E-state index is 12.2. The van der Waals surface area contributed by atoms with Crippen LogP contribution < -0.4 is 0 Å². The van der Waals surface area contributed by atoms with E-state index in [1.54, 1.807) is 0 Å². The molecule has 0 bridgehead atoms. The molecule has 0 unspecified atom stereocenters. The second-order valence-corrected chi connectivity index (χ2v) is 2.42. The van der Waals surface area contributed by atoms with Crippen LogP contribution in [-0.4, -0.2) is 24.4 Å². The summed E-state index contributed by atoms with van der Waals surface area (Å²) in [6.45, 7) is 0.861. The summed E-state index contributed by atoms with van der Waals surface area (Å²) in [6.07, 6.45) is -8.79. The lowest BCUT2D eigenvalue weighted by Crippen LogP contribution is -2.52. The lowest BCUT2D eigenvalue weighted by molar-refractivity contribution is -0.285. The van der Waals surface area contributed by atoms with Crippen molar-refractivity contribution in [3.05, 3.63) is 0 Å². The number of halogens is 7. The highest BCUT2D eigenvalue weighted by Gasteiger charge is 2.66. The van der Waals surface area contributed by atoms with Crippen LogP contribution in [0.25, 0.3) is 0 Å². The minimum absolute atomic E-state index is 0.861. The lowest BCUT2D eigenvalue weighted by atomic mass is 10.1. The van der Waals surface area contributed by atoms with E-state index in [4.69, 9.17) is 0 Å². The van der Waals surface area contributed by atoms with Crippen molar-refractivity contribution in [1.82, 2.24) is 0 Å². The molecule has 1 atom stereocenters. The second-order valence-electron chi connectivity index (χ2n) is 2.42. The summed E-state index contributed by atoms with van der Waals surface area (Å²) in [5, 5.41) is 0. The van der Waals surface area contributed by atoms with Gasteiger partial charge in [-0.25, -0.2) is 13.2 Å². The van der Waals surface area contributed by atoms with Crippen LogP contribution in [0.15, 0.2) is 0 Å². The molecule has 0 spiro atoms. The molecule has 0 heterocycles. The molecule has 0 radical (unpaired) electrons. The van der Waals surface area contributed by atoms with Crippen LogP contribution in [0.3, 0.4) is 0 Å². The summed E-state index contributed by atoms with van der Waals surface area (Å²) in [6, 6.07) is 0. The van der Waals surface area contributed by atoms with E-state index in [9.17, 15) is 30.7 Å². The molecule has 0 aromatic rings. The van der Waals surface area contributed by atoms with Crippen molar-refractivity contribution in [2.75, 3.05) is 0 Å². The van der Waals surface area contributed by atoms with Crippen molar-refractivity contribution in [3.63, 3.8) is 0 Å². The highest BCUT2D eigenvalue weighted by molar-refractivity contribution is 4.92.